The second-order valence-electron chi connectivity index (χ2n) is 4.52. The Morgan fingerprint density at radius 1 is 1.12 bits per heavy atom. The Morgan fingerprint density at radius 3 is 2.58 bits per heavy atom. The zero-order valence-corrected chi connectivity index (χ0v) is 13.4. The Hall–Kier alpha value is -2.62. The third kappa shape index (κ3) is 4.44. The molecule has 2 rings (SSSR count). The molecule has 0 aromatic heterocycles. The lowest BCUT2D eigenvalue weighted by Gasteiger charge is -2.08. The lowest BCUT2D eigenvalue weighted by Crippen LogP contribution is -2.15. The number of benzene rings is 2. The van der Waals surface area contributed by atoms with Crippen LogP contribution in [0.25, 0.3) is 0 Å². The van der Waals surface area contributed by atoms with Crippen molar-refractivity contribution in [2.75, 3.05) is 10.6 Å². The summed E-state index contributed by atoms with van der Waals surface area (Å²) < 4.78 is 26.6. The number of hydrogen-bond acceptors (Lipinski definition) is 3. The highest BCUT2D eigenvalue weighted by molar-refractivity contribution is 6.35. The number of halogens is 4. The lowest BCUT2D eigenvalue weighted by atomic mass is 10.2. The summed E-state index contributed by atoms with van der Waals surface area (Å²) in [5.74, 6) is -2.19. The number of amides is 1. The molecular formula is C16H9Cl2F2N3O. The van der Waals surface area contributed by atoms with E-state index in [2.05, 4.69) is 10.6 Å². The van der Waals surface area contributed by atoms with Crippen LogP contribution in [0.3, 0.4) is 0 Å². The van der Waals surface area contributed by atoms with Crippen LogP contribution >= 0.6 is 23.2 Å². The summed E-state index contributed by atoms with van der Waals surface area (Å²) >= 11 is 11.7. The van der Waals surface area contributed by atoms with E-state index in [-0.39, 0.29) is 22.0 Å². The van der Waals surface area contributed by atoms with E-state index in [1.807, 2.05) is 0 Å². The maximum Gasteiger partial charge on any atom is 0.267 e. The fourth-order valence-corrected chi connectivity index (χ4v) is 2.03. The second kappa shape index (κ2) is 7.77. The van der Waals surface area contributed by atoms with Gasteiger partial charge in [0.05, 0.1) is 16.4 Å². The van der Waals surface area contributed by atoms with Crippen molar-refractivity contribution in [1.82, 2.24) is 0 Å². The van der Waals surface area contributed by atoms with E-state index in [1.54, 1.807) is 6.07 Å². The molecule has 8 heteroatoms. The molecule has 0 fully saturated rings. The van der Waals surface area contributed by atoms with Gasteiger partial charge >= 0.3 is 0 Å². The number of rotatable bonds is 4. The molecule has 24 heavy (non-hydrogen) atoms. The van der Waals surface area contributed by atoms with Crippen LogP contribution in [0.2, 0.25) is 10.0 Å². The molecule has 2 aromatic carbocycles. The first kappa shape index (κ1) is 17.7. The molecule has 2 aromatic rings. The third-order valence-electron chi connectivity index (χ3n) is 2.84. The quantitative estimate of drug-likeness (QED) is 0.606. The van der Waals surface area contributed by atoms with Crippen LogP contribution in [0.1, 0.15) is 0 Å². The van der Waals surface area contributed by atoms with E-state index in [9.17, 15) is 13.6 Å². The Balaban J connectivity index is 2.18. The maximum absolute atomic E-state index is 13.5. The molecule has 0 radical (unpaired) electrons. The zero-order chi connectivity index (χ0) is 17.7. The fraction of sp³-hybridized carbons (Fsp3) is 0. The average molecular weight is 368 g/mol. The van der Waals surface area contributed by atoms with Gasteiger partial charge in [0, 0.05) is 17.3 Å². The second-order valence-corrected chi connectivity index (χ2v) is 5.36. The van der Waals surface area contributed by atoms with Crippen molar-refractivity contribution in [3.05, 3.63) is 69.9 Å². The van der Waals surface area contributed by atoms with Crippen LogP contribution in [0.5, 0.6) is 0 Å². The summed E-state index contributed by atoms with van der Waals surface area (Å²) in [4.78, 5) is 12.1. The summed E-state index contributed by atoms with van der Waals surface area (Å²) in [5.41, 5.74) is -0.363. The van der Waals surface area contributed by atoms with Crippen LogP contribution in [-0.4, -0.2) is 5.91 Å². The number of carbonyl (C=O) groups excluding carboxylic acids is 1. The molecule has 4 nitrogen and oxygen atoms in total. The number of nitriles is 1. The van der Waals surface area contributed by atoms with E-state index < -0.39 is 17.5 Å². The Kier molecular flexibility index (Phi) is 5.74. The highest BCUT2D eigenvalue weighted by Gasteiger charge is 2.12. The van der Waals surface area contributed by atoms with Gasteiger partial charge in [-0.15, -0.1) is 0 Å². The van der Waals surface area contributed by atoms with Gasteiger partial charge in [-0.05, 0) is 30.3 Å². The Morgan fingerprint density at radius 2 is 1.88 bits per heavy atom. The average Bonchev–Trinajstić information content (AvgIpc) is 2.54. The maximum atomic E-state index is 13.5. The van der Waals surface area contributed by atoms with Gasteiger partial charge in [-0.3, -0.25) is 4.79 Å². The van der Waals surface area contributed by atoms with E-state index in [1.165, 1.54) is 18.2 Å². The highest BCUT2D eigenvalue weighted by Crippen LogP contribution is 2.25. The van der Waals surface area contributed by atoms with Gasteiger partial charge in [0.15, 0.2) is 0 Å². The van der Waals surface area contributed by atoms with Gasteiger partial charge in [0.25, 0.3) is 5.91 Å². The number of hydrogen-bond donors (Lipinski definition) is 2. The van der Waals surface area contributed by atoms with Gasteiger partial charge in [0.2, 0.25) is 0 Å². The van der Waals surface area contributed by atoms with E-state index in [4.69, 9.17) is 28.5 Å². The minimum Gasteiger partial charge on any atom is -0.358 e. The van der Waals surface area contributed by atoms with E-state index in [0.29, 0.717) is 5.02 Å². The van der Waals surface area contributed by atoms with Gasteiger partial charge < -0.3 is 10.6 Å². The molecule has 0 spiro atoms. The van der Waals surface area contributed by atoms with Crippen molar-refractivity contribution in [1.29, 1.82) is 5.26 Å². The molecular weight excluding hydrogens is 359 g/mol. The molecule has 0 atom stereocenters. The van der Waals surface area contributed by atoms with Crippen LogP contribution < -0.4 is 10.6 Å². The van der Waals surface area contributed by atoms with Gasteiger partial charge in [-0.2, -0.15) is 5.26 Å². The molecule has 0 saturated heterocycles. The van der Waals surface area contributed by atoms with Gasteiger partial charge in [0.1, 0.15) is 23.3 Å². The predicted octanol–water partition coefficient (Wildman–Crippen LogP) is 4.73. The summed E-state index contributed by atoms with van der Waals surface area (Å²) in [7, 11) is 0. The smallest absolute Gasteiger partial charge is 0.267 e. The molecule has 0 heterocycles. The lowest BCUT2D eigenvalue weighted by molar-refractivity contribution is -0.112. The molecule has 1 amide bonds. The molecule has 0 aliphatic rings. The monoisotopic (exact) mass is 367 g/mol. The standard InChI is InChI=1S/C16H9Cl2F2N3O/c17-10-1-3-12(18)14(5-10)23-16(24)9(7-21)8-22-15-6-11(19)2-4-13(15)20/h1-6,8,22H,(H,23,24)/b9-8-. The number of nitrogens with one attached hydrogen (secondary N) is 2. The van der Waals surface area contributed by atoms with Crippen molar-refractivity contribution in [3.63, 3.8) is 0 Å². The normalized spacial score (nSPS) is 10.9. The molecule has 2 N–H and O–H groups in total. The summed E-state index contributed by atoms with van der Waals surface area (Å²) in [5, 5.41) is 14.4. The molecule has 122 valence electrons. The van der Waals surface area contributed by atoms with Crippen molar-refractivity contribution >= 4 is 40.5 Å². The SMILES string of the molecule is N#C/C(=C/Nc1cc(F)ccc1F)C(=O)Nc1cc(Cl)ccc1Cl. The predicted molar refractivity (Wildman–Crippen MR) is 88.8 cm³/mol. The van der Waals surface area contributed by atoms with Crippen molar-refractivity contribution in [3.8, 4) is 6.07 Å². The van der Waals surface area contributed by atoms with Crippen LogP contribution in [0, 0.1) is 23.0 Å². The number of nitrogens with zero attached hydrogens (tertiary/aromatic N) is 1. The summed E-state index contributed by atoms with van der Waals surface area (Å²) in [6, 6.07) is 8.85. The first-order valence-corrected chi connectivity index (χ1v) is 7.24. The highest BCUT2D eigenvalue weighted by atomic mass is 35.5. The molecule has 0 unspecified atom stereocenters. The first-order chi connectivity index (χ1) is 11.4. The summed E-state index contributed by atoms with van der Waals surface area (Å²) in [6.45, 7) is 0. The Labute approximate surface area is 146 Å². The van der Waals surface area contributed by atoms with Crippen LogP contribution in [0.15, 0.2) is 48.2 Å². The van der Waals surface area contributed by atoms with Crippen LogP contribution in [-0.2, 0) is 4.79 Å². The molecule has 0 aliphatic carbocycles. The fourth-order valence-electron chi connectivity index (χ4n) is 1.69. The minimum absolute atomic E-state index is 0.212. The molecule has 0 aliphatic heterocycles. The van der Waals surface area contributed by atoms with Crippen molar-refractivity contribution < 1.29 is 13.6 Å². The Bertz CT molecular complexity index is 863. The third-order valence-corrected chi connectivity index (χ3v) is 3.41. The molecule has 0 saturated carbocycles. The zero-order valence-electron chi connectivity index (χ0n) is 11.9. The van der Waals surface area contributed by atoms with Gasteiger partial charge in [-0.1, -0.05) is 23.2 Å². The summed E-state index contributed by atoms with van der Waals surface area (Å²) in [6.07, 6.45) is 0.964. The molecule has 0 bridgehead atoms. The minimum atomic E-state index is -0.786. The van der Waals surface area contributed by atoms with Crippen molar-refractivity contribution in [2.45, 2.75) is 0 Å². The van der Waals surface area contributed by atoms with Gasteiger partial charge in [-0.25, -0.2) is 8.78 Å². The number of anilines is 2. The first-order valence-electron chi connectivity index (χ1n) is 6.49. The largest absolute Gasteiger partial charge is 0.358 e. The van der Waals surface area contributed by atoms with E-state index in [0.717, 1.165) is 24.4 Å². The van der Waals surface area contributed by atoms with Crippen LogP contribution in [0.4, 0.5) is 20.2 Å². The topological polar surface area (TPSA) is 64.9 Å². The van der Waals surface area contributed by atoms with Crippen molar-refractivity contribution in [2.24, 2.45) is 0 Å². The van der Waals surface area contributed by atoms with E-state index >= 15 is 0 Å². The number of carbonyl (C=O) groups is 1.